The molecule has 1 aliphatic rings. The van der Waals surface area contributed by atoms with Crippen molar-refractivity contribution in [3.63, 3.8) is 0 Å². The smallest absolute Gasteiger partial charge is 0.416 e. The number of hydrogen-bond donors (Lipinski definition) is 2. The zero-order chi connectivity index (χ0) is 28.2. The van der Waals surface area contributed by atoms with Gasteiger partial charge in [0, 0.05) is 30.4 Å². The number of carbonyl (C=O) groups excluding carboxylic acids is 1. The molecule has 2 N–H and O–H groups in total. The number of aryl methyl sites for hydroxylation is 1. The van der Waals surface area contributed by atoms with Gasteiger partial charge in [-0.05, 0) is 73.7 Å². The van der Waals surface area contributed by atoms with Gasteiger partial charge in [-0.25, -0.2) is 0 Å². The van der Waals surface area contributed by atoms with Crippen molar-refractivity contribution in [1.29, 1.82) is 0 Å². The minimum Gasteiger partial charge on any atom is -0.481 e. The molecule has 1 heterocycles. The van der Waals surface area contributed by atoms with Gasteiger partial charge in [0.05, 0.1) is 18.0 Å². The lowest BCUT2D eigenvalue weighted by Gasteiger charge is -2.31. The number of halogens is 3. The van der Waals surface area contributed by atoms with Crippen LogP contribution in [0.1, 0.15) is 71.8 Å². The number of alkyl halides is 3. The Labute approximate surface area is 225 Å². The Bertz CT molecular complexity index is 1280. The summed E-state index contributed by atoms with van der Waals surface area (Å²) >= 11 is 0. The summed E-state index contributed by atoms with van der Waals surface area (Å²) in [4.78, 5) is 24.9. The highest BCUT2D eigenvalue weighted by Crippen LogP contribution is 2.41. The van der Waals surface area contributed by atoms with Crippen molar-refractivity contribution < 1.29 is 32.3 Å². The first-order valence-corrected chi connectivity index (χ1v) is 13.1. The maximum atomic E-state index is 13.0. The van der Waals surface area contributed by atoms with Crippen molar-refractivity contribution in [3.05, 3.63) is 77.0 Å². The Morgan fingerprint density at radius 2 is 1.69 bits per heavy atom. The first-order valence-electron chi connectivity index (χ1n) is 13.1. The van der Waals surface area contributed by atoms with Crippen molar-refractivity contribution in [3.8, 4) is 11.3 Å². The van der Waals surface area contributed by atoms with E-state index in [0.717, 1.165) is 54.8 Å². The second kappa shape index (κ2) is 12.0. The Kier molecular flexibility index (Phi) is 8.67. The van der Waals surface area contributed by atoms with Gasteiger partial charge in [-0.2, -0.15) is 13.2 Å². The molecule has 208 valence electrons. The monoisotopic (exact) mass is 542 g/mol. The van der Waals surface area contributed by atoms with E-state index in [4.69, 9.17) is 9.52 Å². The van der Waals surface area contributed by atoms with E-state index in [9.17, 15) is 22.8 Å². The molecule has 6 nitrogen and oxygen atoms in total. The molecule has 1 atom stereocenters. The Balaban J connectivity index is 1.56. The van der Waals surface area contributed by atoms with Crippen molar-refractivity contribution >= 4 is 17.6 Å². The first kappa shape index (κ1) is 28.3. The second-order valence-electron chi connectivity index (χ2n) is 10.2. The predicted octanol–water partition coefficient (Wildman–Crippen LogP) is 7.55. The molecule has 0 spiro atoms. The summed E-state index contributed by atoms with van der Waals surface area (Å²) in [6.45, 7) is 2.07. The van der Waals surface area contributed by atoms with Crippen molar-refractivity contribution in [2.45, 2.75) is 57.7 Å². The molecule has 0 saturated heterocycles. The number of anilines is 1. The van der Waals surface area contributed by atoms with Crippen LogP contribution in [0.5, 0.6) is 0 Å². The number of amides is 1. The van der Waals surface area contributed by atoms with Gasteiger partial charge in [0.1, 0.15) is 11.5 Å². The standard InChI is InChI=1S/C30H33F3N2O4/c1-19-18-25(20-8-12-23(13-9-20)30(31,32)33)39-28(19)27(21-6-4-3-5-7-21)34-24-14-10-22(11-15-24)29(38)35(2)17-16-26(36)37/h8-15,18,21,27,34H,3-7,16-17H2,1-2H3,(H,36,37). The van der Waals surface area contributed by atoms with Crippen LogP contribution >= 0.6 is 0 Å². The highest BCUT2D eigenvalue weighted by atomic mass is 19.4. The zero-order valence-electron chi connectivity index (χ0n) is 22.1. The Morgan fingerprint density at radius 1 is 1.05 bits per heavy atom. The summed E-state index contributed by atoms with van der Waals surface area (Å²) in [6, 6.07) is 13.8. The summed E-state index contributed by atoms with van der Waals surface area (Å²) in [7, 11) is 1.57. The summed E-state index contributed by atoms with van der Waals surface area (Å²) in [5, 5.41) is 12.5. The molecule has 1 amide bonds. The van der Waals surface area contributed by atoms with Gasteiger partial charge in [0.15, 0.2) is 0 Å². The molecule has 3 aromatic rings. The van der Waals surface area contributed by atoms with Gasteiger partial charge >= 0.3 is 12.1 Å². The van der Waals surface area contributed by atoms with E-state index in [1.807, 2.05) is 25.1 Å². The van der Waals surface area contributed by atoms with Crippen molar-refractivity contribution in [2.24, 2.45) is 5.92 Å². The largest absolute Gasteiger partial charge is 0.481 e. The third-order valence-electron chi connectivity index (χ3n) is 7.32. The van der Waals surface area contributed by atoms with Crippen LogP contribution in [0.3, 0.4) is 0 Å². The average molecular weight is 543 g/mol. The molecule has 1 unspecified atom stereocenters. The third kappa shape index (κ3) is 7.02. The minimum atomic E-state index is -4.40. The number of rotatable bonds is 9. The highest BCUT2D eigenvalue weighted by molar-refractivity contribution is 5.94. The highest BCUT2D eigenvalue weighted by Gasteiger charge is 2.31. The number of hydrogen-bond acceptors (Lipinski definition) is 4. The lowest BCUT2D eigenvalue weighted by atomic mass is 9.82. The fourth-order valence-corrected chi connectivity index (χ4v) is 5.11. The molecule has 0 bridgehead atoms. The summed E-state index contributed by atoms with van der Waals surface area (Å²) in [6.07, 6.45) is 0.948. The molecular formula is C30H33F3N2O4. The van der Waals surface area contributed by atoms with E-state index in [1.54, 1.807) is 19.2 Å². The first-order chi connectivity index (χ1) is 18.5. The van der Waals surface area contributed by atoms with Gasteiger partial charge in [0.25, 0.3) is 5.91 Å². The maximum Gasteiger partial charge on any atom is 0.416 e. The number of benzene rings is 2. The Morgan fingerprint density at radius 3 is 2.28 bits per heavy atom. The van der Waals surface area contributed by atoms with E-state index in [0.29, 0.717) is 22.8 Å². The quantitative estimate of drug-likeness (QED) is 0.292. The van der Waals surface area contributed by atoms with Crippen molar-refractivity contribution in [1.82, 2.24) is 4.90 Å². The number of carboxylic acids is 1. The SMILES string of the molecule is Cc1cc(-c2ccc(C(F)(F)F)cc2)oc1C(Nc1ccc(C(=O)N(C)CCC(=O)O)cc1)C1CCCCC1. The van der Waals surface area contributed by atoms with Crippen LogP contribution in [0.2, 0.25) is 0 Å². The lowest BCUT2D eigenvalue weighted by molar-refractivity contribution is -0.138. The molecule has 4 rings (SSSR count). The maximum absolute atomic E-state index is 13.0. The number of nitrogens with zero attached hydrogens (tertiary/aromatic N) is 1. The number of nitrogens with one attached hydrogen (secondary N) is 1. The van der Waals surface area contributed by atoms with Crippen LogP contribution in [0.4, 0.5) is 18.9 Å². The van der Waals surface area contributed by atoms with E-state index < -0.39 is 17.7 Å². The molecule has 1 fully saturated rings. The van der Waals surface area contributed by atoms with Crippen LogP contribution in [-0.2, 0) is 11.0 Å². The van der Waals surface area contributed by atoms with Crippen LogP contribution in [-0.4, -0.2) is 35.5 Å². The minimum absolute atomic E-state index is 0.122. The van der Waals surface area contributed by atoms with E-state index >= 15 is 0 Å². The molecule has 9 heteroatoms. The van der Waals surface area contributed by atoms with Gasteiger partial charge in [-0.15, -0.1) is 0 Å². The second-order valence-corrected chi connectivity index (χ2v) is 10.2. The van der Waals surface area contributed by atoms with Gasteiger partial charge in [-0.3, -0.25) is 9.59 Å². The third-order valence-corrected chi connectivity index (χ3v) is 7.32. The summed E-state index contributed by atoms with van der Waals surface area (Å²) in [5.41, 5.74) is 2.06. The molecule has 1 aromatic heterocycles. The number of aliphatic carboxylic acids is 1. The van der Waals surface area contributed by atoms with E-state index in [-0.39, 0.29) is 24.9 Å². The molecule has 39 heavy (non-hydrogen) atoms. The Hall–Kier alpha value is -3.75. The van der Waals surface area contributed by atoms with Crippen LogP contribution in [0.15, 0.2) is 59.0 Å². The predicted molar refractivity (Wildman–Crippen MR) is 142 cm³/mol. The molecule has 0 radical (unpaired) electrons. The molecule has 1 saturated carbocycles. The van der Waals surface area contributed by atoms with Gasteiger partial charge < -0.3 is 19.7 Å². The number of carboxylic acid groups (broad SMARTS) is 1. The van der Waals surface area contributed by atoms with Crippen LogP contribution < -0.4 is 5.32 Å². The molecule has 1 aliphatic carbocycles. The van der Waals surface area contributed by atoms with E-state index in [2.05, 4.69) is 5.32 Å². The average Bonchev–Trinajstić information content (AvgIpc) is 3.31. The lowest BCUT2D eigenvalue weighted by Crippen LogP contribution is -2.29. The number of furan rings is 1. The molecule has 2 aromatic carbocycles. The van der Waals surface area contributed by atoms with Gasteiger partial charge in [-0.1, -0.05) is 31.4 Å². The van der Waals surface area contributed by atoms with E-state index in [1.165, 1.54) is 23.5 Å². The summed E-state index contributed by atoms with van der Waals surface area (Å²) < 4.78 is 45.3. The van der Waals surface area contributed by atoms with Crippen LogP contribution in [0, 0.1) is 12.8 Å². The normalized spacial score (nSPS) is 15.1. The fourth-order valence-electron chi connectivity index (χ4n) is 5.11. The zero-order valence-corrected chi connectivity index (χ0v) is 22.1. The van der Waals surface area contributed by atoms with Gasteiger partial charge in [0.2, 0.25) is 0 Å². The molecule has 0 aliphatic heterocycles. The summed E-state index contributed by atoms with van der Waals surface area (Å²) in [5.74, 6) is 0.370. The molecular weight excluding hydrogens is 509 g/mol. The topological polar surface area (TPSA) is 82.8 Å². The fraction of sp³-hybridized carbons (Fsp3) is 0.400. The van der Waals surface area contributed by atoms with Crippen molar-refractivity contribution in [2.75, 3.05) is 18.9 Å². The van der Waals surface area contributed by atoms with Crippen LogP contribution in [0.25, 0.3) is 11.3 Å². The number of carbonyl (C=O) groups is 2.